The van der Waals surface area contributed by atoms with E-state index < -0.39 is 5.41 Å². The lowest BCUT2D eigenvalue weighted by atomic mass is 9.77. The van der Waals surface area contributed by atoms with Crippen molar-refractivity contribution in [3.8, 4) is 0 Å². The highest BCUT2D eigenvalue weighted by Gasteiger charge is 2.44. The minimum absolute atomic E-state index is 0.195. The van der Waals surface area contributed by atoms with E-state index in [1.807, 2.05) is 0 Å². The molecular formula is C15H28N4O2. The first-order valence-corrected chi connectivity index (χ1v) is 8.12. The lowest BCUT2D eigenvalue weighted by Gasteiger charge is -2.28. The zero-order chi connectivity index (χ0) is 15.6. The first-order valence-electron chi connectivity index (χ1n) is 8.12. The van der Waals surface area contributed by atoms with Crippen molar-refractivity contribution in [3.63, 3.8) is 0 Å². The van der Waals surface area contributed by atoms with Crippen molar-refractivity contribution in [1.29, 1.82) is 0 Å². The summed E-state index contributed by atoms with van der Waals surface area (Å²) in [4.78, 5) is 12.7. The van der Waals surface area contributed by atoms with Crippen molar-refractivity contribution < 1.29 is 9.53 Å². The average molecular weight is 296 g/mol. The van der Waals surface area contributed by atoms with Crippen LogP contribution in [0.3, 0.4) is 0 Å². The molecule has 0 unspecified atom stereocenters. The molecule has 1 rings (SSSR count). The Bertz CT molecular complexity index is 384. The van der Waals surface area contributed by atoms with Crippen LogP contribution in [0, 0.1) is 0 Å². The SMILES string of the molecule is CCCCOC(=O)C(CCCC)(CCCC)c1nn[nH]n1. The second-order valence-corrected chi connectivity index (χ2v) is 5.51. The number of nitrogens with one attached hydrogen (secondary N) is 1. The highest BCUT2D eigenvalue weighted by molar-refractivity contribution is 5.82. The maximum Gasteiger partial charge on any atom is 0.319 e. The molecule has 0 aliphatic heterocycles. The van der Waals surface area contributed by atoms with Crippen LogP contribution < -0.4 is 0 Å². The zero-order valence-electron chi connectivity index (χ0n) is 13.5. The summed E-state index contributed by atoms with van der Waals surface area (Å²) < 4.78 is 5.51. The number of aromatic amines is 1. The van der Waals surface area contributed by atoms with Crippen LogP contribution in [0.1, 0.15) is 78.0 Å². The van der Waals surface area contributed by atoms with Crippen LogP contribution in [0.4, 0.5) is 0 Å². The fourth-order valence-corrected chi connectivity index (χ4v) is 2.41. The summed E-state index contributed by atoms with van der Waals surface area (Å²) in [6.07, 6.45) is 7.26. The number of rotatable bonds is 11. The summed E-state index contributed by atoms with van der Waals surface area (Å²) in [5, 5.41) is 14.3. The largest absolute Gasteiger partial charge is 0.465 e. The van der Waals surface area contributed by atoms with Gasteiger partial charge in [-0.2, -0.15) is 5.21 Å². The fourth-order valence-electron chi connectivity index (χ4n) is 2.41. The van der Waals surface area contributed by atoms with Crippen LogP contribution >= 0.6 is 0 Å². The Morgan fingerprint density at radius 1 is 1.10 bits per heavy atom. The van der Waals surface area contributed by atoms with Crippen LogP contribution in [0.15, 0.2) is 0 Å². The van der Waals surface area contributed by atoms with Gasteiger partial charge in [0, 0.05) is 0 Å². The molecule has 0 aliphatic carbocycles. The van der Waals surface area contributed by atoms with E-state index in [4.69, 9.17) is 4.74 Å². The van der Waals surface area contributed by atoms with E-state index in [0.717, 1.165) is 38.5 Å². The predicted octanol–water partition coefficient (Wildman–Crippen LogP) is 3.16. The molecule has 0 radical (unpaired) electrons. The van der Waals surface area contributed by atoms with E-state index in [0.29, 0.717) is 25.3 Å². The Morgan fingerprint density at radius 2 is 1.71 bits per heavy atom. The summed E-state index contributed by atoms with van der Waals surface area (Å²) in [7, 11) is 0. The smallest absolute Gasteiger partial charge is 0.319 e. The Balaban J connectivity index is 2.95. The third kappa shape index (κ3) is 4.79. The third-order valence-corrected chi connectivity index (χ3v) is 3.81. The van der Waals surface area contributed by atoms with Gasteiger partial charge in [0.25, 0.3) is 0 Å². The first-order chi connectivity index (χ1) is 10.2. The van der Waals surface area contributed by atoms with Gasteiger partial charge in [0.05, 0.1) is 6.61 Å². The number of carbonyl (C=O) groups excluding carboxylic acids is 1. The molecule has 6 nitrogen and oxygen atoms in total. The molecule has 0 spiro atoms. The number of nitrogens with zero attached hydrogens (tertiary/aromatic N) is 3. The van der Waals surface area contributed by atoms with Crippen LogP contribution in [-0.4, -0.2) is 33.2 Å². The first kappa shape index (κ1) is 17.6. The van der Waals surface area contributed by atoms with Crippen molar-refractivity contribution in [3.05, 3.63) is 5.82 Å². The maximum absolute atomic E-state index is 12.7. The van der Waals surface area contributed by atoms with Gasteiger partial charge in [-0.3, -0.25) is 4.79 Å². The van der Waals surface area contributed by atoms with Crippen molar-refractivity contribution >= 4 is 5.97 Å². The molecule has 0 saturated carbocycles. The number of tetrazole rings is 1. The van der Waals surface area contributed by atoms with Crippen molar-refractivity contribution in [2.75, 3.05) is 6.61 Å². The quantitative estimate of drug-likeness (QED) is 0.501. The number of hydrogen-bond donors (Lipinski definition) is 1. The summed E-state index contributed by atoms with van der Waals surface area (Å²) in [5.41, 5.74) is -0.743. The monoisotopic (exact) mass is 296 g/mol. The van der Waals surface area contributed by atoms with Crippen LogP contribution in [-0.2, 0) is 14.9 Å². The standard InChI is InChI=1S/C15H28N4O2/c1-4-7-10-15(11-8-5-2,13-16-18-19-17-13)14(20)21-12-9-6-3/h4-12H2,1-3H3,(H,16,17,18,19). The molecule has 1 heterocycles. The summed E-state index contributed by atoms with van der Waals surface area (Å²) >= 11 is 0. The van der Waals surface area contributed by atoms with Gasteiger partial charge in [0.15, 0.2) is 5.82 Å². The van der Waals surface area contributed by atoms with E-state index in [2.05, 4.69) is 41.4 Å². The molecular weight excluding hydrogens is 268 g/mol. The molecule has 0 bridgehead atoms. The van der Waals surface area contributed by atoms with Gasteiger partial charge in [-0.05, 0) is 19.3 Å². The maximum atomic E-state index is 12.7. The molecule has 6 heteroatoms. The van der Waals surface area contributed by atoms with Gasteiger partial charge in [-0.25, -0.2) is 0 Å². The molecule has 1 aromatic heterocycles. The van der Waals surface area contributed by atoms with Crippen LogP contribution in [0.2, 0.25) is 0 Å². The minimum atomic E-state index is -0.743. The highest BCUT2D eigenvalue weighted by atomic mass is 16.5. The van der Waals surface area contributed by atoms with E-state index in [1.54, 1.807) is 0 Å². The van der Waals surface area contributed by atoms with Crippen LogP contribution in [0.5, 0.6) is 0 Å². The van der Waals surface area contributed by atoms with E-state index >= 15 is 0 Å². The van der Waals surface area contributed by atoms with Gasteiger partial charge < -0.3 is 4.74 Å². The Kier molecular flexibility index (Phi) is 7.93. The average Bonchev–Trinajstić information content (AvgIpc) is 3.02. The summed E-state index contributed by atoms with van der Waals surface area (Å²) in [6.45, 7) is 6.77. The number of hydrogen-bond acceptors (Lipinski definition) is 5. The van der Waals surface area contributed by atoms with E-state index in [1.165, 1.54) is 0 Å². The fraction of sp³-hybridized carbons (Fsp3) is 0.867. The van der Waals surface area contributed by atoms with Crippen molar-refractivity contribution in [1.82, 2.24) is 20.6 Å². The molecule has 1 aromatic rings. The molecule has 0 amide bonds. The molecule has 21 heavy (non-hydrogen) atoms. The number of H-pyrrole nitrogens is 1. The highest BCUT2D eigenvalue weighted by Crippen LogP contribution is 2.34. The Hall–Kier alpha value is -1.46. The lowest BCUT2D eigenvalue weighted by Crippen LogP contribution is -2.39. The Labute approximate surface area is 127 Å². The molecule has 0 fully saturated rings. The molecule has 0 atom stereocenters. The molecule has 0 aliphatic rings. The van der Waals surface area contributed by atoms with Crippen molar-refractivity contribution in [2.24, 2.45) is 0 Å². The topological polar surface area (TPSA) is 80.8 Å². The Morgan fingerprint density at radius 3 is 2.19 bits per heavy atom. The molecule has 0 aromatic carbocycles. The van der Waals surface area contributed by atoms with Gasteiger partial charge in [-0.1, -0.05) is 58.1 Å². The molecule has 1 N–H and O–H groups in total. The zero-order valence-corrected chi connectivity index (χ0v) is 13.5. The minimum Gasteiger partial charge on any atom is -0.465 e. The van der Waals surface area contributed by atoms with E-state index in [9.17, 15) is 4.79 Å². The number of esters is 1. The van der Waals surface area contributed by atoms with Gasteiger partial charge in [-0.15, -0.1) is 10.2 Å². The van der Waals surface area contributed by atoms with Crippen LogP contribution in [0.25, 0.3) is 0 Å². The molecule has 120 valence electrons. The second kappa shape index (κ2) is 9.47. The normalized spacial score (nSPS) is 11.6. The number of carbonyl (C=O) groups is 1. The molecule has 0 saturated heterocycles. The summed E-state index contributed by atoms with van der Waals surface area (Å²) in [6, 6.07) is 0. The van der Waals surface area contributed by atoms with Gasteiger partial charge in [0.1, 0.15) is 5.41 Å². The number of aromatic nitrogens is 4. The van der Waals surface area contributed by atoms with E-state index in [-0.39, 0.29) is 5.97 Å². The number of ether oxygens (including phenoxy) is 1. The number of unbranched alkanes of at least 4 members (excludes halogenated alkanes) is 3. The summed E-state index contributed by atoms with van der Waals surface area (Å²) in [5.74, 6) is 0.283. The third-order valence-electron chi connectivity index (χ3n) is 3.81. The van der Waals surface area contributed by atoms with Crippen molar-refractivity contribution in [2.45, 2.75) is 77.6 Å². The second-order valence-electron chi connectivity index (χ2n) is 5.51. The lowest BCUT2D eigenvalue weighted by molar-refractivity contribution is -0.152. The predicted molar refractivity (Wildman–Crippen MR) is 80.8 cm³/mol. The van der Waals surface area contributed by atoms with Gasteiger partial charge >= 0.3 is 5.97 Å². The van der Waals surface area contributed by atoms with Gasteiger partial charge in [0.2, 0.25) is 0 Å².